The van der Waals surface area contributed by atoms with Crippen LogP contribution in [0.3, 0.4) is 0 Å². The van der Waals surface area contributed by atoms with E-state index in [0.717, 1.165) is 0 Å². The number of carboxylic acids is 2. The first-order valence-electron chi connectivity index (χ1n) is 18.0. The molecule has 0 aliphatic carbocycles. The number of hydrogen-bond acceptors (Lipinski definition) is 24. The van der Waals surface area contributed by atoms with Crippen LogP contribution in [0.15, 0.2) is 37.5 Å². The molecular formula is C33H47N10O18P. The van der Waals surface area contributed by atoms with Gasteiger partial charge in [-0.3, -0.25) is 18.2 Å². The molecule has 0 saturated carbocycles. The summed E-state index contributed by atoms with van der Waals surface area (Å²) in [6.45, 7) is 6.59. The van der Waals surface area contributed by atoms with Gasteiger partial charge in [0.15, 0.2) is 29.2 Å². The molecule has 5 rings (SSSR count). The summed E-state index contributed by atoms with van der Waals surface area (Å²) in [5, 5.41) is 44.4. The van der Waals surface area contributed by atoms with Crippen LogP contribution in [0.2, 0.25) is 0 Å². The second-order valence-corrected chi connectivity index (χ2v) is 15.0. The molecule has 342 valence electrons. The maximum absolute atomic E-state index is 13.1. The first kappa shape index (κ1) is 50.2. The largest absolute Gasteiger partial charge is 0.510 e. The molecule has 9 N–H and O–H groups in total. The van der Waals surface area contributed by atoms with Gasteiger partial charge in [-0.1, -0.05) is 0 Å². The van der Waals surface area contributed by atoms with Gasteiger partial charge in [0, 0.05) is 12.2 Å². The van der Waals surface area contributed by atoms with E-state index >= 15 is 0 Å². The Morgan fingerprint density at radius 2 is 1.29 bits per heavy atom. The molecule has 4 aromatic heterocycles. The van der Waals surface area contributed by atoms with E-state index in [1.54, 1.807) is 39.2 Å². The normalized spacial score (nSPS) is 17.9. The predicted molar refractivity (Wildman–Crippen MR) is 207 cm³/mol. The number of fused-ring (bicyclic) bond motifs is 2. The number of nitrogens with zero attached hydrogens (tertiary/aromatic N) is 8. The molecule has 0 aromatic carbocycles. The monoisotopic (exact) mass is 902 g/mol. The van der Waals surface area contributed by atoms with E-state index in [-0.39, 0.29) is 18.2 Å². The van der Waals surface area contributed by atoms with E-state index in [9.17, 15) is 34.0 Å². The van der Waals surface area contributed by atoms with E-state index in [1.165, 1.54) is 29.9 Å². The predicted octanol–water partition coefficient (Wildman–Crippen LogP) is 0.767. The minimum Gasteiger partial charge on any atom is -0.478 e. The Kier molecular flexibility index (Phi) is 19.2. The van der Waals surface area contributed by atoms with Gasteiger partial charge in [-0.15, -0.1) is 0 Å². The Morgan fingerprint density at radius 1 is 0.790 bits per heavy atom. The van der Waals surface area contributed by atoms with Gasteiger partial charge in [0.1, 0.15) is 48.3 Å². The summed E-state index contributed by atoms with van der Waals surface area (Å²) in [7, 11) is -4.06. The molecule has 0 spiro atoms. The van der Waals surface area contributed by atoms with Crippen molar-refractivity contribution in [2.24, 2.45) is 0 Å². The van der Waals surface area contributed by atoms with Crippen molar-refractivity contribution in [1.29, 1.82) is 0 Å². The number of hydrogen-bond donors (Lipinski definition) is 7. The molecule has 0 radical (unpaired) electrons. The topological polar surface area (TPSA) is 400 Å². The number of aromatic nitrogens is 8. The third kappa shape index (κ3) is 15.4. The van der Waals surface area contributed by atoms with Crippen LogP contribution < -0.4 is 11.5 Å². The summed E-state index contributed by atoms with van der Waals surface area (Å²) in [5.41, 5.74) is 13.2. The zero-order valence-corrected chi connectivity index (χ0v) is 34.7. The van der Waals surface area contributed by atoms with Gasteiger partial charge < -0.3 is 70.0 Å². The zero-order chi connectivity index (χ0) is 46.1. The first-order chi connectivity index (χ1) is 29.2. The summed E-state index contributed by atoms with van der Waals surface area (Å²) in [6, 6.07) is 0. The lowest BCUT2D eigenvalue weighted by Gasteiger charge is -2.21. The molecule has 1 aliphatic heterocycles. The van der Waals surface area contributed by atoms with Crippen molar-refractivity contribution in [3.8, 4) is 0 Å². The molecule has 28 nitrogen and oxygen atoms in total. The zero-order valence-electron chi connectivity index (χ0n) is 33.8. The lowest BCUT2D eigenvalue weighted by atomic mass is 10.1. The average Bonchev–Trinajstić information content (AvgIpc) is 3.89. The molecular weight excluding hydrogens is 855 g/mol. The smallest absolute Gasteiger partial charge is 0.478 e. The molecule has 29 heteroatoms. The van der Waals surface area contributed by atoms with Gasteiger partial charge in [0.05, 0.1) is 44.1 Å². The highest BCUT2D eigenvalue weighted by Crippen LogP contribution is 2.48. The van der Waals surface area contributed by atoms with E-state index in [2.05, 4.69) is 29.9 Å². The van der Waals surface area contributed by atoms with Crippen LogP contribution in [0.4, 0.5) is 21.2 Å². The number of ether oxygens (including phenoxy) is 6. The summed E-state index contributed by atoms with van der Waals surface area (Å²) in [4.78, 5) is 66.2. The number of imidazole rings is 2. The second kappa shape index (κ2) is 23.8. The SMILES string of the molecule is CC(C)OC(=O)OCOP(=O)(CO[C@H](C)Cn1cnc2c(N)ncnc21)OCOC(=O)OC(C)C.Nc1ncnc2c1ncn2[C@@H]1O[C@H](CO)[C@@H](O)[C@@H]1O.O=C(O)/C=C/C(=O)O. The van der Waals surface area contributed by atoms with Crippen LogP contribution in [0.1, 0.15) is 40.8 Å². The second-order valence-electron chi connectivity index (χ2n) is 13.0. The number of anilines is 2. The Morgan fingerprint density at radius 3 is 1.77 bits per heavy atom. The fraction of sp³-hybridized carbons (Fsp3) is 0.515. The first-order valence-corrected chi connectivity index (χ1v) is 19.7. The number of aliphatic carboxylic acids is 2. The van der Waals surface area contributed by atoms with Crippen molar-refractivity contribution < 1.29 is 86.7 Å². The van der Waals surface area contributed by atoms with Crippen LogP contribution in [0.25, 0.3) is 22.3 Å². The Bertz CT molecular complexity index is 2140. The van der Waals surface area contributed by atoms with Gasteiger partial charge in [-0.25, -0.2) is 49.1 Å². The highest BCUT2D eigenvalue weighted by atomic mass is 31.2. The number of carboxylic acid groups (broad SMARTS) is 2. The van der Waals surface area contributed by atoms with Crippen molar-refractivity contribution in [1.82, 2.24) is 39.0 Å². The maximum atomic E-state index is 13.1. The van der Waals surface area contributed by atoms with Crippen molar-refractivity contribution in [3.63, 3.8) is 0 Å². The molecule has 1 fully saturated rings. The Hall–Kier alpha value is -6.13. The van der Waals surface area contributed by atoms with E-state index in [0.29, 0.717) is 34.5 Å². The number of aliphatic hydroxyl groups excluding tert-OH is 3. The van der Waals surface area contributed by atoms with Crippen LogP contribution >= 0.6 is 7.60 Å². The maximum Gasteiger partial charge on any atom is 0.510 e. The van der Waals surface area contributed by atoms with Crippen LogP contribution in [0.5, 0.6) is 0 Å². The van der Waals surface area contributed by atoms with E-state index < -0.39 is 101 Å². The Balaban J connectivity index is 0.000000312. The van der Waals surface area contributed by atoms with Gasteiger partial charge in [0.25, 0.3) is 0 Å². The number of carbonyl (C=O) groups excluding carboxylic acids is 2. The van der Waals surface area contributed by atoms with Crippen molar-refractivity contribution in [2.75, 3.05) is 38.0 Å². The van der Waals surface area contributed by atoms with Gasteiger partial charge in [-0.2, -0.15) is 0 Å². The van der Waals surface area contributed by atoms with E-state index in [1.807, 2.05) is 0 Å². The third-order valence-electron chi connectivity index (χ3n) is 7.46. The number of nitrogens with two attached hydrogens (primary N) is 2. The van der Waals surface area contributed by atoms with Crippen molar-refractivity contribution in [3.05, 3.63) is 37.5 Å². The van der Waals surface area contributed by atoms with Gasteiger partial charge >= 0.3 is 31.8 Å². The van der Waals surface area contributed by atoms with Crippen LogP contribution in [-0.4, -0.2) is 152 Å². The Labute approximate surface area is 350 Å². The molecule has 0 amide bonds. The number of rotatable bonds is 17. The molecule has 5 atom stereocenters. The fourth-order valence-electron chi connectivity index (χ4n) is 4.76. The molecule has 1 aliphatic rings. The van der Waals surface area contributed by atoms with E-state index in [4.69, 9.17) is 64.3 Å². The van der Waals surface area contributed by atoms with Crippen molar-refractivity contribution >= 4 is 65.8 Å². The number of nitrogen functional groups attached to an aromatic ring is 2. The minimum atomic E-state index is -4.06. The molecule has 0 bridgehead atoms. The highest BCUT2D eigenvalue weighted by Gasteiger charge is 2.44. The third-order valence-corrected chi connectivity index (χ3v) is 8.93. The lowest BCUT2D eigenvalue weighted by Crippen LogP contribution is -2.33. The summed E-state index contributed by atoms with van der Waals surface area (Å²) in [5.74, 6) is -2.06. The van der Waals surface area contributed by atoms with Gasteiger partial charge in [-0.05, 0) is 34.6 Å². The average molecular weight is 903 g/mol. The van der Waals surface area contributed by atoms with Crippen molar-refractivity contribution in [2.45, 2.75) is 84.0 Å². The molecule has 5 heterocycles. The molecule has 1 saturated heterocycles. The molecule has 62 heavy (non-hydrogen) atoms. The summed E-state index contributed by atoms with van der Waals surface area (Å²) < 4.78 is 56.5. The standard InChI is InChI=1S/C19H30N5O10P.C10H13N5O4.C4H4O4/c1-12(2)33-18(25)28-9-31-35(27,32-10-29-19(26)34-13(3)4)11-30-14(5)6-24-8-23-15-16(20)21-7-22-17(15)24;11-8-5-9(13-2-12-8)15(3-14-5)10-7(18)6(17)4(1-16)19-10;5-3(6)1-2-4(7)8/h7-8,12-14H,6,9-11H2,1-5H3,(H2,20,21,22);2-4,6-7,10,16-18H,1H2,(H2,11,12,13);1-2H,(H,5,6)(H,7,8)/b;;2-1+/t14-;4-,6-,7+,10-;/m11./s1. The fourth-order valence-corrected chi connectivity index (χ4v) is 5.85. The molecule has 0 unspecified atom stereocenters. The minimum absolute atomic E-state index is 0.218. The lowest BCUT2D eigenvalue weighted by molar-refractivity contribution is -0.134. The summed E-state index contributed by atoms with van der Waals surface area (Å²) >= 11 is 0. The highest BCUT2D eigenvalue weighted by molar-refractivity contribution is 7.53. The van der Waals surface area contributed by atoms with Crippen LogP contribution in [0, 0.1) is 0 Å². The van der Waals surface area contributed by atoms with Gasteiger partial charge in [0.2, 0.25) is 13.6 Å². The number of carbonyl (C=O) groups is 4. The molecule has 4 aromatic rings. The summed E-state index contributed by atoms with van der Waals surface area (Å²) in [6.07, 6.45) is -1.44. The number of aliphatic hydroxyl groups is 3. The van der Waals surface area contributed by atoms with Crippen LogP contribution in [-0.2, 0) is 58.2 Å². The quantitative estimate of drug-likeness (QED) is 0.0333.